The van der Waals surface area contributed by atoms with Crippen molar-refractivity contribution in [1.82, 2.24) is 0 Å². The summed E-state index contributed by atoms with van der Waals surface area (Å²) >= 11 is 0. The van der Waals surface area contributed by atoms with E-state index in [2.05, 4.69) is 13.8 Å². The van der Waals surface area contributed by atoms with E-state index in [1.165, 1.54) is 12.8 Å². The Morgan fingerprint density at radius 1 is 1.35 bits per heavy atom. The van der Waals surface area contributed by atoms with E-state index in [1.807, 2.05) is 18.2 Å². The Labute approximate surface area is 120 Å². The number of rotatable bonds is 1. The minimum Gasteiger partial charge on any atom is -0.497 e. The predicted molar refractivity (Wildman–Crippen MR) is 78.1 cm³/mol. The van der Waals surface area contributed by atoms with Gasteiger partial charge < -0.3 is 14.6 Å². The molecule has 1 saturated carbocycles. The van der Waals surface area contributed by atoms with Crippen LogP contribution >= 0.6 is 0 Å². The van der Waals surface area contributed by atoms with Gasteiger partial charge in [-0.3, -0.25) is 0 Å². The maximum atomic E-state index is 10.6. The number of hydrogen-bond donors (Lipinski definition) is 1. The topological polar surface area (TPSA) is 38.7 Å². The Kier molecular flexibility index (Phi) is 3.41. The zero-order valence-electron chi connectivity index (χ0n) is 12.6. The van der Waals surface area contributed by atoms with Gasteiger partial charge in [0.05, 0.1) is 13.2 Å². The molecule has 3 nitrogen and oxygen atoms in total. The molecule has 0 amide bonds. The van der Waals surface area contributed by atoms with E-state index in [9.17, 15) is 5.11 Å². The number of benzene rings is 1. The third kappa shape index (κ3) is 2.08. The van der Waals surface area contributed by atoms with Gasteiger partial charge in [-0.2, -0.15) is 0 Å². The highest BCUT2D eigenvalue weighted by atomic mass is 16.5. The normalized spacial score (nSPS) is 36.3. The van der Waals surface area contributed by atoms with Gasteiger partial charge in [0.25, 0.3) is 0 Å². The fourth-order valence-electron chi connectivity index (χ4n) is 3.86. The van der Waals surface area contributed by atoms with Crippen molar-refractivity contribution in [2.75, 3.05) is 7.11 Å². The van der Waals surface area contributed by atoms with Gasteiger partial charge in [-0.25, -0.2) is 0 Å². The molecule has 110 valence electrons. The minimum atomic E-state index is -0.457. The number of aliphatic hydroxyl groups is 1. The zero-order valence-corrected chi connectivity index (χ0v) is 12.6. The van der Waals surface area contributed by atoms with Crippen molar-refractivity contribution < 1.29 is 14.6 Å². The third-order valence-electron chi connectivity index (χ3n) is 5.37. The van der Waals surface area contributed by atoms with Crippen molar-refractivity contribution in [3.05, 3.63) is 23.8 Å². The van der Waals surface area contributed by atoms with E-state index in [4.69, 9.17) is 9.47 Å². The van der Waals surface area contributed by atoms with Gasteiger partial charge in [0.15, 0.2) is 0 Å². The second-order valence-electron chi connectivity index (χ2n) is 6.45. The summed E-state index contributed by atoms with van der Waals surface area (Å²) in [6.07, 6.45) is 3.72. The molecule has 3 rings (SSSR count). The van der Waals surface area contributed by atoms with Crippen LogP contribution in [0.4, 0.5) is 0 Å². The summed E-state index contributed by atoms with van der Waals surface area (Å²) in [5, 5.41) is 10.6. The first kappa shape index (κ1) is 13.7. The highest BCUT2D eigenvalue weighted by Gasteiger charge is 2.48. The fourth-order valence-corrected chi connectivity index (χ4v) is 3.86. The summed E-state index contributed by atoms with van der Waals surface area (Å²) in [5.74, 6) is 2.72. The summed E-state index contributed by atoms with van der Waals surface area (Å²) in [4.78, 5) is 0. The Morgan fingerprint density at radius 2 is 2.15 bits per heavy atom. The van der Waals surface area contributed by atoms with Gasteiger partial charge in [-0.05, 0) is 42.9 Å². The number of fused-ring (bicyclic) bond motifs is 1. The summed E-state index contributed by atoms with van der Waals surface area (Å²) < 4.78 is 11.6. The number of hydrogen-bond acceptors (Lipinski definition) is 3. The van der Waals surface area contributed by atoms with Crippen LogP contribution in [0.15, 0.2) is 18.2 Å². The molecule has 1 aliphatic carbocycles. The molecule has 1 aromatic carbocycles. The van der Waals surface area contributed by atoms with Crippen LogP contribution in [0.1, 0.15) is 51.2 Å². The van der Waals surface area contributed by atoms with E-state index in [1.54, 1.807) is 7.11 Å². The molecule has 1 aromatic rings. The molecular formula is C17H24O3. The van der Waals surface area contributed by atoms with Gasteiger partial charge >= 0.3 is 0 Å². The fraction of sp³-hybridized carbons (Fsp3) is 0.647. The van der Waals surface area contributed by atoms with Crippen LogP contribution in [-0.4, -0.2) is 17.8 Å². The van der Waals surface area contributed by atoms with E-state index in [0.29, 0.717) is 18.3 Å². The molecule has 0 aromatic heterocycles. The number of ether oxygens (including phenoxy) is 2. The van der Waals surface area contributed by atoms with Crippen LogP contribution in [-0.2, 0) is 0 Å². The first-order chi connectivity index (χ1) is 9.55. The maximum Gasteiger partial charge on any atom is 0.126 e. The van der Waals surface area contributed by atoms with Crippen LogP contribution in [0.2, 0.25) is 0 Å². The molecule has 0 saturated heterocycles. The Bertz CT molecular complexity index is 499. The van der Waals surface area contributed by atoms with Gasteiger partial charge in [0.2, 0.25) is 0 Å². The Morgan fingerprint density at radius 3 is 2.90 bits per heavy atom. The first-order valence-electron chi connectivity index (χ1n) is 7.61. The largest absolute Gasteiger partial charge is 0.497 e. The molecule has 4 atom stereocenters. The molecule has 2 aliphatic rings. The quantitative estimate of drug-likeness (QED) is 0.850. The van der Waals surface area contributed by atoms with Gasteiger partial charge in [0.1, 0.15) is 17.1 Å². The average molecular weight is 276 g/mol. The van der Waals surface area contributed by atoms with E-state index < -0.39 is 6.10 Å². The summed E-state index contributed by atoms with van der Waals surface area (Å²) in [7, 11) is 1.64. The summed E-state index contributed by atoms with van der Waals surface area (Å²) in [6.45, 7) is 4.57. The van der Waals surface area contributed by atoms with Gasteiger partial charge in [0, 0.05) is 12.0 Å². The SMILES string of the molecule is COc1ccc2c(c1)[C@@H](O)CC1(CCCC(C)C1C)O2. The Hall–Kier alpha value is -1.22. The van der Waals surface area contributed by atoms with Gasteiger partial charge in [-0.15, -0.1) is 0 Å². The summed E-state index contributed by atoms with van der Waals surface area (Å²) in [5.41, 5.74) is 0.666. The molecule has 1 aliphatic heterocycles. The predicted octanol–water partition coefficient (Wildman–Crippen LogP) is 3.71. The standard InChI is InChI=1S/C17H24O3/c1-11-5-4-8-17(12(11)2)10-15(18)14-9-13(19-3)6-7-16(14)20-17/h6-7,9,11-12,15,18H,4-5,8,10H2,1-3H3/t11?,12?,15-,17?/m0/s1. The van der Waals surface area contributed by atoms with E-state index in [0.717, 1.165) is 23.5 Å². The lowest BCUT2D eigenvalue weighted by atomic mass is 9.67. The van der Waals surface area contributed by atoms with Crippen molar-refractivity contribution in [1.29, 1.82) is 0 Å². The maximum absolute atomic E-state index is 10.6. The lowest BCUT2D eigenvalue weighted by molar-refractivity contribution is -0.0879. The molecule has 0 bridgehead atoms. The number of methoxy groups -OCH3 is 1. The second kappa shape index (κ2) is 4.96. The molecular weight excluding hydrogens is 252 g/mol. The molecule has 3 unspecified atom stereocenters. The van der Waals surface area contributed by atoms with Crippen LogP contribution in [0.25, 0.3) is 0 Å². The third-order valence-corrected chi connectivity index (χ3v) is 5.37. The smallest absolute Gasteiger partial charge is 0.126 e. The van der Waals surface area contributed by atoms with Crippen molar-refractivity contribution in [3.8, 4) is 11.5 Å². The molecule has 1 spiro atoms. The zero-order chi connectivity index (χ0) is 14.3. The van der Waals surface area contributed by atoms with Crippen molar-refractivity contribution in [2.24, 2.45) is 11.8 Å². The van der Waals surface area contributed by atoms with Crippen molar-refractivity contribution >= 4 is 0 Å². The highest BCUT2D eigenvalue weighted by molar-refractivity contribution is 5.43. The van der Waals surface area contributed by atoms with Crippen LogP contribution in [0, 0.1) is 11.8 Å². The number of aliphatic hydroxyl groups excluding tert-OH is 1. The first-order valence-corrected chi connectivity index (χ1v) is 7.61. The lowest BCUT2D eigenvalue weighted by Crippen LogP contribution is -2.50. The lowest BCUT2D eigenvalue weighted by Gasteiger charge is -2.49. The average Bonchev–Trinajstić information content (AvgIpc) is 2.44. The molecule has 20 heavy (non-hydrogen) atoms. The van der Waals surface area contributed by atoms with Crippen LogP contribution < -0.4 is 9.47 Å². The molecule has 3 heteroatoms. The van der Waals surface area contributed by atoms with E-state index in [-0.39, 0.29) is 5.60 Å². The van der Waals surface area contributed by atoms with Crippen molar-refractivity contribution in [3.63, 3.8) is 0 Å². The Balaban J connectivity index is 1.96. The second-order valence-corrected chi connectivity index (χ2v) is 6.45. The molecule has 0 radical (unpaired) electrons. The molecule has 1 N–H and O–H groups in total. The van der Waals surface area contributed by atoms with E-state index >= 15 is 0 Å². The van der Waals surface area contributed by atoms with Crippen LogP contribution in [0.5, 0.6) is 11.5 Å². The minimum absolute atomic E-state index is 0.196. The molecule has 1 heterocycles. The molecule has 1 fully saturated rings. The van der Waals surface area contributed by atoms with Crippen molar-refractivity contribution in [2.45, 2.75) is 51.2 Å². The monoisotopic (exact) mass is 276 g/mol. The highest BCUT2D eigenvalue weighted by Crippen LogP contribution is 2.50. The van der Waals surface area contributed by atoms with Gasteiger partial charge in [-0.1, -0.05) is 20.3 Å². The summed E-state index contributed by atoms with van der Waals surface area (Å²) in [6, 6.07) is 5.73. The van der Waals surface area contributed by atoms with Crippen LogP contribution in [0.3, 0.4) is 0 Å².